The van der Waals surface area contributed by atoms with Gasteiger partial charge in [0.25, 0.3) is 0 Å². The standard InChI is InChI=1S/C13H21N3O3S/c1-3-15-12-6-7-14-10-13(12)20(17,18)16(8-9-19-2)11-4-5-11/h6-7,10-11H,3-5,8-9H2,1-2H3,(H,14,15). The minimum absolute atomic E-state index is 0.102. The van der Waals surface area contributed by atoms with Gasteiger partial charge in [0.1, 0.15) is 4.90 Å². The van der Waals surface area contributed by atoms with Gasteiger partial charge < -0.3 is 10.1 Å². The topological polar surface area (TPSA) is 71.5 Å². The van der Waals surface area contributed by atoms with Gasteiger partial charge in [0.15, 0.2) is 0 Å². The highest BCUT2D eigenvalue weighted by molar-refractivity contribution is 7.89. The highest BCUT2D eigenvalue weighted by Crippen LogP contribution is 2.33. The Balaban J connectivity index is 2.32. The summed E-state index contributed by atoms with van der Waals surface area (Å²) in [7, 11) is -1.96. The van der Waals surface area contributed by atoms with Crippen LogP contribution >= 0.6 is 0 Å². The molecule has 0 bridgehead atoms. The van der Waals surface area contributed by atoms with Crippen molar-refractivity contribution in [2.24, 2.45) is 0 Å². The minimum atomic E-state index is -3.53. The molecule has 7 heteroatoms. The first-order valence-electron chi connectivity index (χ1n) is 6.80. The first kappa shape index (κ1) is 15.2. The summed E-state index contributed by atoms with van der Waals surface area (Å²) in [6.45, 7) is 3.37. The molecule has 0 radical (unpaired) electrons. The third-order valence-corrected chi connectivity index (χ3v) is 5.19. The molecule has 20 heavy (non-hydrogen) atoms. The van der Waals surface area contributed by atoms with Gasteiger partial charge in [0.2, 0.25) is 10.0 Å². The lowest BCUT2D eigenvalue weighted by Crippen LogP contribution is -2.36. The third kappa shape index (κ3) is 3.28. The Morgan fingerprint density at radius 3 is 2.85 bits per heavy atom. The molecule has 1 aromatic heterocycles. The van der Waals surface area contributed by atoms with Crippen LogP contribution in [0.15, 0.2) is 23.4 Å². The quantitative estimate of drug-likeness (QED) is 0.783. The normalized spacial score (nSPS) is 15.6. The van der Waals surface area contributed by atoms with E-state index in [0.717, 1.165) is 12.8 Å². The van der Waals surface area contributed by atoms with Crippen molar-refractivity contribution in [2.75, 3.05) is 32.1 Å². The molecule has 0 saturated heterocycles. The molecule has 0 amide bonds. The number of hydrogen-bond donors (Lipinski definition) is 1. The van der Waals surface area contributed by atoms with Gasteiger partial charge in [0.05, 0.1) is 12.3 Å². The largest absolute Gasteiger partial charge is 0.384 e. The van der Waals surface area contributed by atoms with Gasteiger partial charge in [0, 0.05) is 38.6 Å². The number of anilines is 1. The minimum Gasteiger partial charge on any atom is -0.384 e. The third-order valence-electron chi connectivity index (χ3n) is 3.21. The number of sulfonamides is 1. The average Bonchev–Trinajstić information content (AvgIpc) is 3.24. The zero-order valence-corrected chi connectivity index (χ0v) is 12.7. The Kier molecular flexibility index (Phi) is 4.95. The summed E-state index contributed by atoms with van der Waals surface area (Å²) in [6.07, 6.45) is 4.84. The predicted octanol–water partition coefficient (Wildman–Crippen LogP) is 1.31. The van der Waals surface area contributed by atoms with Crippen LogP contribution in [0.2, 0.25) is 0 Å². The lowest BCUT2D eigenvalue weighted by molar-refractivity contribution is 0.177. The maximum Gasteiger partial charge on any atom is 0.246 e. The Bertz CT molecular complexity index is 544. The molecule has 2 rings (SSSR count). The Morgan fingerprint density at radius 1 is 1.50 bits per heavy atom. The van der Waals surface area contributed by atoms with Crippen LogP contribution in [0.3, 0.4) is 0 Å². The molecule has 1 aliphatic carbocycles. The molecule has 1 aliphatic rings. The van der Waals surface area contributed by atoms with Crippen molar-refractivity contribution in [1.82, 2.24) is 9.29 Å². The molecular weight excluding hydrogens is 278 g/mol. The fraction of sp³-hybridized carbons (Fsp3) is 0.615. The molecule has 0 spiro atoms. The number of nitrogens with one attached hydrogen (secondary N) is 1. The zero-order chi connectivity index (χ0) is 14.6. The van der Waals surface area contributed by atoms with Crippen molar-refractivity contribution >= 4 is 15.7 Å². The van der Waals surface area contributed by atoms with E-state index in [2.05, 4.69) is 10.3 Å². The Hall–Kier alpha value is -1.18. The molecule has 6 nitrogen and oxygen atoms in total. The molecule has 1 saturated carbocycles. The Labute approximate surface area is 120 Å². The van der Waals surface area contributed by atoms with Crippen molar-refractivity contribution in [3.63, 3.8) is 0 Å². The van der Waals surface area contributed by atoms with E-state index in [0.29, 0.717) is 25.4 Å². The second-order valence-electron chi connectivity index (χ2n) is 4.74. The SMILES string of the molecule is CCNc1ccncc1S(=O)(=O)N(CCOC)C1CC1. The smallest absolute Gasteiger partial charge is 0.246 e. The summed E-state index contributed by atoms with van der Waals surface area (Å²) in [5.41, 5.74) is 0.602. The summed E-state index contributed by atoms with van der Waals surface area (Å²) in [4.78, 5) is 4.20. The molecular formula is C13H21N3O3S. The highest BCUT2D eigenvalue weighted by atomic mass is 32.2. The molecule has 0 aromatic carbocycles. The maximum absolute atomic E-state index is 12.8. The van der Waals surface area contributed by atoms with E-state index in [1.54, 1.807) is 19.4 Å². The van der Waals surface area contributed by atoms with E-state index in [-0.39, 0.29) is 10.9 Å². The van der Waals surface area contributed by atoms with E-state index in [1.165, 1.54) is 10.5 Å². The number of aromatic nitrogens is 1. The zero-order valence-electron chi connectivity index (χ0n) is 11.9. The molecule has 1 N–H and O–H groups in total. The van der Waals surface area contributed by atoms with Gasteiger partial charge in [-0.2, -0.15) is 4.31 Å². The molecule has 1 heterocycles. The summed E-state index contributed by atoms with van der Waals surface area (Å²) >= 11 is 0. The number of pyridine rings is 1. The maximum atomic E-state index is 12.8. The van der Waals surface area contributed by atoms with Crippen LogP contribution in [-0.4, -0.2) is 50.6 Å². The second kappa shape index (κ2) is 6.51. The average molecular weight is 299 g/mol. The Morgan fingerprint density at radius 2 is 2.25 bits per heavy atom. The van der Waals surface area contributed by atoms with Crippen LogP contribution in [0.25, 0.3) is 0 Å². The van der Waals surface area contributed by atoms with Crippen LogP contribution in [0.4, 0.5) is 5.69 Å². The molecule has 0 unspecified atom stereocenters. The van der Waals surface area contributed by atoms with E-state index in [9.17, 15) is 8.42 Å². The number of nitrogens with zero attached hydrogens (tertiary/aromatic N) is 2. The van der Waals surface area contributed by atoms with E-state index < -0.39 is 10.0 Å². The highest BCUT2D eigenvalue weighted by Gasteiger charge is 2.38. The molecule has 0 atom stereocenters. The predicted molar refractivity (Wildman–Crippen MR) is 77.2 cm³/mol. The first-order chi connectivity index (χ1) is 9.61. The summed E-state index contributed by atoms with van der Waals surface area (Å²) in [5, 5.41) is 3.08. The van der Waals surface area contributed by atoms with Gasteiger partial charge in [-0.3, -0.25) is 4.98 Å². The van der Waals surface area contributed by atoms with Crippen LogP contribution in [0.5, 0.6) is 0 Å². The number of ether oxygens (including phenoxy) is 1. The fourth-order valence-corrected chi connectivity index (χ4v) is 3.87. The number of rotatable bonds is 8. The molecule has 112 valence electrons. The van der Waals surface area contributed by atoms with Crippen molar-refractivity contribution in [2.45, 2.75) is 30.7 Å². The number of methoxy groups -OCH3 is 1. The van der Waals surface area contributed by atoms with Gasteiger partial charge in [-0.1, -0.05) is 0 Å². The van der Waals surface area contributed by atoms with Crippen LogP contribution < -0.4 is 5.32 Å². The summed E-state index contributed by atoms with van der Waals surface area (Å²) in [6, 6.07) is 1.79. The van der Waals surface area contributed by atoms with Crippen molar-refractivity contribution in [1.29, 1.82) is 0 Å². The lowest BCUT2D eigenvalue weighted by atomic mass is 10.4. The van der Waals surface area contributed by atoms with E-state index >= 15 is 0 Å². The second-order valence-corrected chi connectivity index (χ2v) is 6.60. The van der Waals surface area contributed by atoms with Gasteiger partial charge in [-0.15, -0.1) is 0 Å². The van der Waals surface area contributed by atoms with Crippen LogP contribution in [0.1, 0.15) is 19.8 Å². The van der Waals surface area contributed by atoms with Crippen molar-refractivity contribution in [3.05, 3.63) is 18.5 Å². The van der Waals surface area contributed by atoms with E-state index in [1.807, 2.05) is 6.92 Å². The molecule has 1 aromatic rings. The van der Waals surface area contributed by atoms with Crippen molar-refractivity contribution < 1.29 is 13.2 Å². The summed E-state index contributed by atoms with van der Waals surface area (Å²) in [5.74, 6) is 0. The van der Waals surface area contributed by atoms with Crippen LogP contribution in [-0.2, 0) is 14.8 Å². The van der Waals surface area contributed by atoms with Gasteiger partial charge >= 0.3 is 0 Å². The van der Waals surface area contributed by atoms with Crippen LogP contribution in [0, 0.1) is 0 Å². The fourth-order valence-electron chi connectivity index (χ4n) is 2.09. The first-order valence-corrected chi connectivity index (χ1v) is 8.24. The van der Waals surface area contributed by atoms with Gasteiger partial charge in [-0.05, 0) is 25.8 Å². The van der Waals surface area contributed by atoms with Gasteiger partial charge in [-0.25, -0.2) is 8.42 Å². The summed E-state index contributed by atoms with van der Waals surface area (Å²) < 4.78 is 32.2. The van der Waals surface area contributed by atoms with Crippen molar-refractivity contribution in [3.8, 4) is 0 Å². The molecule has 0 aliphatic heterocycles. The number of hydrogen-bond acceptors (Lipinski definition) is 5. The monoisotopic (exact) mass is 299 g/mol. The van der Waals surface area contributed by atoms with E-state index in [4.69, 9.17) is 4.74 Å². The lowest BCUT2D eigenvalue weighted by Gasteiger charge is -2.22. The molecule has 1 fully saturated rings.